The van der Waals surface area contributed by atoms with Crippen LogP contribution in [0.1, 0.15) is 5.56 Å². The third-order valence-corrected chi connectivity index (χ3v) is 5.02. The van der Waals surface area contributed by atoms with Crippen LogP contribution in [0, 0.1) is 0 Å². The number of rotatable bonds is 6. The molecule has 1 aliphatic rings. The van der Waals surface area contributed by atoms with Crippen LogP contribution in [-0.2, 0) is 20.7 Å². The van der Waals surface area contributed by atoms with Crippen LogP contribution >= 0.6 is 0 Å². The SMILES string of the molecule is COc1ccc2c(CC(=O)OCC(=O)N3CCN(c4ncccn4)CC3)coc2c1. The van der Waals surface area contributed by atoms with Gasteiger partial charge < -0.3 is 23.7 Å². The largest absolute Gasteiger partial charge is 0.497 e. The zero-order valence-electron chi connectivity index (χ0n) is 16.6. The Morgan fingerprint density at radius 1 is 1.13 bits per heavy atom. The topological polar surface area (TPSA) is 98.0 Å². The first kappa shape index (κ1) is 19.7. The van der Waals surface area contributed by atoms with Gasteiger partial charge in [0, 0.05) is 55.6 Å². The lowest BCUT2D eigenvalue weighted by atomic mass is 10.1. The number of anilines is 1. The maximum Gasteiger partial charge on any atom is 0.310 e. The summed E-state index contributed by atoms with van der Waals surface area (Å²) in [5, 5.41) is 0.818. The van der Waals surface area contributed by atoms with Gasteiger partial charge in [-0.15, -0.1) is 0 Å². The van der Waals surface area contributed by atoms with E-state index in [-0.39, 0.29) is 18.9 Å². The number of furan rings is 1. The number of carbonyl (C=O) groups is 2. The van der Waals surface area contributed by atoms with Crippen molar-refractivity contribution < 1.29 is 23.5 Å². The van der Waals surface area contributed by atoms with Crippen LogP contribution in [-0.4, -0.2) is 66.6 Å². The molecular weight excluding hydrogens is 388 g/mol. The minimum Gasteiger partial charge on any atom is -0.497 e. The average molecular weight is 410 g/mol. The summed E-state index contributed by atoms with van der Waals surface area (Å²) in [6, 6.07) is 7.16. The lowest BCUT2D eigenvalue weighted by Crippen LogP contribution is -2.50. The van der Waals surface area contributed by atoms with Crippen LogP contribution in [0.5, 0.6) is 5.75 Å². The highest BCUT2D eigenvalue weighted by Crippen LogP contribution is 2.26. The van der Waals surface area contributed by atoms with Crippen molar-refractivity contribution in [2.24, 2.45) is 0 Å². The fraction of sp³-hybridized carbons (Fsp3) is 0.333. The van der Waals surface area contributed by atoms with Gasteiger partial charge in [0.05, 0.1) is 19.8 Å². The van der Waals surface area contributed by atoms with Gasteiger partial charge in [0.25, 0.3) is 5.91 Å². The summed E-state index contributed by atoms with van der Waals surface area (Å²) in [6.45, 7) is 2.05. The van der Waals surface area contributed by atoms with Crippen LogP contribution in [0.15, 0.2) is 47.3 Å². The molecule has 2 aromatic heterocycles. The Hall–Kier alpha value is -3.62. The molecule has 1 aromatic carbocycles. The van der Waals surface area contributed by atoms with E-state index in [4.69, 9.17) is 13.9 Å². The molecule has 0 bridgehead atoms. The van der Waals surface area contributed by atoms with Crippen molar-refractivity contribution in [1.82, 2.24) is 14.9 Å². The Morgan fingerprint density at radius 2 is 1.90 bits per heavy atom. The van der Waals surface area contributed by atoms with E-state index in [1.807, 2.05) is 11.0 Å². The maximum absolute atomic E-state index is 12.4. The molecule has 0 spiro atoms. The molecule has 156 valence electrons. The summed E-state index contributed by atoms with van der Waals surface area (Å²) < 4.78 is 15.8. The van der Waals surface area contributed by atoms with Crippen LogP contribution < -0.4 is 9.64 Å². The van der Waals surface area contributed by atoms with Crippen molar-refractivity contribution >= 4 is 28.8 Å². The molecule has 3 heterocycles. The van der Waals surface area contributed by atoms with Crippen molar-refractivity contribution in [2.45, 2.75) is 6.42 Å². The van der Waals surface area contributed by atoms with Crippen molar-refractivity contribution in [2.75, 3.05) is 44.8 Å². The second kappa shape index (κ2) is 8.81. The number of ether oxygens (including phenoxy) is 2. The zero-order chi connectivity index (χ0) is 20.9. The molecule has 1 saturated heterocycles. The monoisotopic (exact) mass is 410 g/mol. The van der Waals surface area contributed by atoms with E-state index in [9.17, 15) is 9.59 Å². The van der Waals surface area contributed by atoms with E-state index in [2.05, 4.69) is 9.97 Å². The zero-order valence-corrected chi connectivity index (χ0v) is 16.6. The third kappa shape index (κ3) is 4.35. The number of esters is 1. The number of hydrogen-bond donors (Lipinski definition) is 0. The summed E-state index contributed by atoms with van der Waals surface area (Å²) in [5.41, 5.74) is 1.34. The summed E-state index contributed by atoms with van der Waals surface area (Å²) in [7, 11) is 1.58. The summed E-state index contributed by atoms with van der Waals surface area (Å²) in [5.74, 6) is 0.647. The van der Waals surface area contributed by atoms with Crippen molar-refractivity contribution in [3.63, 3.8) is 0 Å². The number of piperazine rings is 1. The number of fused-ring (bicyclic) bond motifs is 1. The third-order valence-electron chi connectivity index (χ3n) is 5.02. The molecule has 1 aliphatic heterocycles. The second-order valence-corrected chi connectivity index (χ2v) is 6.88. The molecule has 1 fully saturated rings. The number of benzene rings is 1. The van der Waals surface area contributed by atoms with E-state index >= 15 is 0 Å². The minimum atomic E-state index is -0.474. The van der Waals surface area contributed by atoms with Crippen molar-refractivity contribution in [1.29, 1.82) is 0 Å². The smallest absolute Gasteiger partial charge is 0.310 e. The summed E-state index contributed by atoms with van der Waals surface area (Å²) in [6.07, 6.45) is 4.95. The standard InChI is InChI=1S/C21H22N4O5/c1-28-16-3-4-17-15(13-29-18(17)12-16)11-20(27)30-14-19(26)24-7-9-25(10-8-24)21-22-5-2-6-23-21/h2-6,12-13H,7-11,14H2,1H3. The van der Waals surface area contributed by atoms with Crippen LogP contribution in [0.4, 0.5) is 5.95 Å². The van der Waals surface area contributed by atoms with Gasteiger partial charge in [-0.05, 0) is 18.2 Å². The van der Waals surface area contributed by atoms with Crippen LogP contribution in [0.3, 0.4) is 0 Å². The molecule has 0 saturated carbocycles. The molecule has 9 nitrogen and oxygen atoms in total. The first-order chi connectivity index (χ1) is 14.6. The Balaban J connectivity index is 1.26. The lowest BCUT2D eigenvalue weighted by molar-refractivity contribution is -0.151. The van der Waals surface area contributed by atoms with E-state index in [1.54, 1.807) is 42.6 Å². The predicted octanol–water partition coefficient (Wildman–Crippen LogP) is 1.67. The Bertz CT molecular complexity index is 1030. The number of hydrogen-bond acceptors (Lipinski definition) is 8. The number of carbonyl (C=O) groups excluding carboxylic acids is 2. The van der Waals surface area contributed by atoms with Gasteiger partial charge in [0.2, 0.25) is 5.95 Å². The number of methoxy groups -OCH3 is 1. The van der Waals surface area contributed by atoms with Crippen LogP contribution in [0.25, 0.3) is 11.0 Å². The van der Waals surface area contributed by atoms with Crippen molar-refractivity contribution in [3.8, 4) is 5.75 Å². The van der Waals surface area contributed by atoms with Gasteiger partial charge in [-0.25, -0.2) is 9.97 Å². The summed E-state index contributed by atoms with van der Waals surface area (Å²) in [4.78, 5) is 36.8. The molecule has 4 rings (SSSR count). The number of amides is 1. The molecule has 0 atom stereocenters. The molecular formula is C21H22N4O5. The minimum absolute atomic E-state index is 0.0335. The summed E-state index contributed by atoms with van der Waals surface area (Å²) >= 11 is 0. The number of aromatic nitrogens is 2. The molecule has 0 N–H and O–H groups in total. The average Bonchev–Trinajstić information content (AvgIpc) is 3.20. The van der Waals surface area contributed by atoms with Gasteiger partial charge in [0.1, 0.15) is 11.3 Å². The van der Waals surface area contributed by atoms with E-state index in [0.717, 1.165) is 5.39 Å². The number of nitrogens with zero attached hydrogens (tertiary/aromatic N) is 4. The quantitative estimate of drug-likeness (QED) is 0.566. The van der Waals surface area contributed by atoms with E-state index in [1.165, 1.54) is 6.26 Å². The highest BCUT2D eigenvalue weighted by Gasteiger charge is 2.23. The predicted molar refractivity (Wildman–Crippen MR) is 108 cm³/mol. The van der Waals surface area contributed by atoms with Crippen LogP contribution in [0.2, 0.25) is 0 Å². The lowest BCUT2D eigenvalue weighted by Gasteiger charge is -2.34. The van der Waals surface area contributed by atoms with E-state index < -0.39 is 5.97 Å². The molecule has 1 amide bonds. The highest BCUT2D eigenvalue weighted by atomic mass is 16.5. The van der Waals surface area contributed by atoms with Gasteiger partial charge in [-0.2, -0.15) is 0 Å². The normalized spacial score (nSPS) is 14.0. The van der Waals surface area contributed by atoms with E-state index in [0.29, 0.717) is 49.0 Å². The Kier molecular flexibility index (Phi) is 5.78. The van der Waals surface area contributed by atoms with Gasteiger partial charge in [-0.1, -0.05) is 0 Å². The molecule has 0 aliphatic carbocycles. The van der Waals surface area contributed by atoms with Gasteiger partial charge in [-0.3, -0.25) is 9.59 Å². The molecule has 0 unspecified atom stereocenters. The molecule has 3 aromatic rings. The van der Waals surface area contributed by atoms with Gasteiger partial charge in [0.15, 0.2) is 6.61 Å². The Labute approximate surface area is 173 Å². The molecule has 9 heteroatoms. The molecule has 0 radical (unpaired) electrons. The van der Waals surface area contributed by atoms with Gasteiger partial charge >= 0.3 is 5.97 Å². The first-order valence-electron chi connectivity index (χ1n) is 9.63. The fourth-order valence-corrected chi connectivity index (χ4v) is 3.38. The maximum atomic E-state index is 12.4. The molecule has 30 heavy (non-hydrogen) atoms. The Morgan fingerprint density at radius 3 is 2.63 bits per heavy atom. The highest BCUT2D eigenvalue weighted by molar-refractivity contribution is 5.87. The first-order valence-corrected chi connectivity index (χ1v) is 9.63. The fourth-order valence-electron chi connectivity index (χ4n) is 3.38. The second-order valence-electron chi connectivity index (χ2n) is 6.88. The van der Waals surface area contributed by atoms with Crippen molar-refractivity contribution in [3.05, 3.63) is 48.5 Å².